The normalized spacial score (nSPS) is 11.6. The third kappa shape index (κ3) is 5.52. The summed E-state index contributed by atoms with van der Waals surface area (Å²) in [5.74, 6) is 1.71. The van der Waals surface area contributed by atoms with E-state index < -0.39 is 0 Å². The Hall–Kier alpha value is -1.96. The number of carbonyl (C=O) groups is 1. The van der Waals surface area contributed by atoms with Crippen LogP contribution in [0.5, 0.6) is 11.5 Å². The number of benzene rings is 2. The van der Waals surface area contributed by atoms with Crippen LogP contribution in [0.1, 0.15) is 24.0 Å². The summed E-state index contributed by atoms with van der Waals surface area (Å²) < 4.78 is 10.6. The molecule has 5 heteroatoms. The average molecular weight is 353 g/mol. The maximum absolute atomic E-state index is 12.0. The first-order valence-electron chi connectivity index (χ1n) is 8.35. The van der Waals surface area contributed by atoms with Crippen molar-refractivity contribution in [2.75, 3.05) is 27.3 Å². The van der Waals surface area contributed by atoms with Gasteiger partial charge in [-0.3, -0.25) is 0 Å². The molecule has 0 aliphatic rings. The Kier molecular flexibility index (Phi) is 7.36. The molecule has 0 aliphatic heterocycles. The number of ether oxygens (including phenoxy) is 2. The third-order valence-corrected chi connectivity index (χ3v) is 4.66. The van der Waals surface area contributed by atoms with Crippen molar-refractivity contribution in [2.24, 2.45) is 0 Å². The molecular formula is C20H24AlNO3. The predicted molar refractivity (Wildman–Crippen MR) is 101 cm³/mol. The monoisotopic (exact) mass is 353 g/mol. The van der Waals surface area contributed by atoms with Crippen molar-refractivity contribution in [1.82, 2.24) is 4.90 Å². The van der Waals surface area contributed by atoms with E-state index >= 15 is 0 Å². The van der Waals surface area contributed by atoms with Crippen LogP contribution in [0.4, 0.5) is 4.79 Å². The van der Waals surface area contributed by atoms with Crippen LogP contribution in [0, 0.1) is 0 Å². The smallest absolute Gasteiger partial charge is 0.281 e. The number of hydrogen-bond donors (Lipinski definition) is 0. The molecule has 130 valence electrons. The van der Waals surface area contributed by atoms with Gasteiger partial charge in [0.1, 0.15) is 0 Å². The highest BCUT2D eigenvalue weighted by Crippen LogP contribution is 2.27. The Morgan fingerprint density at radius 1 is 1.08 bits per heavy atom. The van der Waals surface area contributed by atoms with Crippen molar-refractivity contribution < 1.29 is 14.3 Å². The number of nitrogens with zero attached hydrogens (tertiary/aromatic N) is 1. The summed E-state index contributed by atoms with van der Waals surface area (Å²) in [5.41, 5.74) is 2.35. The second kappa shape index (κ2) is 9.51. The molecule has 0 bridgehead atoms. The minimum Gasteiger partial charge on any atom is -0.493 e. The zero-order valence-electron chi connectivity index (χ0n) is 15.1. The van der Waals surface area contributed by atoms with Gasteiger partial charge in [0.25, 0.3) is 16.3 Å². The molecule has 25 heavy (non-hydrogen) atoms. The topological polar surface area (TPSA) is 38.8 Å². The zero-order valence-corrected chi connectivity index (χ0v) is 16.2. The van der Waals surface area contributed by atoms with Gasteiger partial charge < -0.3 is 19.2 Å². The molecule has 2 aromatic rings. The molecular weight excluding hydrogens is 329 g/mol. The van der Waals surface area contributed by atoms with Crippen molar-refractivity contribution in [3.8, 4) is 11.5 Å². The molecule has 0 aromatic heterocycles. The lowest BCUT2D eigenvalue weighted by Gasteiger charge is -2.26. The van der Waals surface area contributed by atoms with Gasteiger partial charge in [0.2, 0.25) is 0 Å². The first-order chi connectivity index (χ1) is 12.0. The van der Waals surface area contributed by atoms with Crippen LogP contribution in [0.15, 0.2) is 48.5 Å². The number of amides is 1. The van der Waals surface area contributed by atoms with Crippen LogP contribution in [0.2, 0.25) is 0 Å². The summed E-state index contributed by atoms with van der Waals surface area (Å²) in [5, 5.41) is 0. The summed E-state index contributed by atoms with van der Waals surface area (Å²) >= 11 is 2.29. The average Bonchev–Trinajstić information content (AvgIpc) is 2.65. The van der Waals surface area contributed by atoms with Gasteiger partial charge in [-0.25, -0.2) is 0 Å². The Balaban J connectivity index is 2.01. The first-order valence-corrected chi connectivity index (χ1v) is 8.93. The standard InChI is InChI=1S/C20H24NO3.Al/c1-16(18-7-5-4-6-8-18)14-21(15-22)12-11-17-9-10-19(23-2)20(13-17)24-3;/h4-10,13,16H,11-12,14H2,1-3H3;. The third-order valence-electron chi connectivity index (χ3n) is 4.29. The highest BCUT2D eigenvalue weighted by atomic mass is 27.0. The molecule has 0 saturated carbocycles. The molecule has 2 radical (unpaired) electrons. The second-order valence-electron chi connectivity index (χ2n) is 6.04. The van der Waals surface area contributed by atoms with E-state index in [1.807, 2.05) is 41.3 Å². The van der Waals surface area contributed by atoms with Crippen molar-refractivity contribution in [1.29, 1.82) is 0 Å². The Bertz CT molecular complexity index is 691. The first kappa shape index (κ1) is 19.4. The van der Waals surface area contributed by atoms with Crippen LogP contribution < -0.4 is 9.47 Å². The predicted octanol–water partition coefficient (Wildman–Crippen LogP) is 3.64. The summed E-state index contributed by atoms with van der Waals surface area (Å²) in [6.45, 7) is 3.50. The molecule has 0 saturated heterocycles. The van der Waals surface area contributed by atoms with Crippen molar-refractivity contribution in [3.63, 3.8) is 0 Å². The minimum absolute atomic E-state index is 0.0169. The van der Waals surface area contributed by atoms with Gasteiger partial charge in [0, 0.05) is 13.1 Å². The second-order valence-corrected chi connectivity index (χ2v) is 6.53. The molecule has 0 heterocycles. The minimum atomic E-state index is 0.0169. The number of carbonyl (C=O) groups excluding carboxylic acids is 1. The van der Waals surface area contributed by atoms with Gasteiger partial charge in [0.15, 0.2) is 11.5 Å². The zero-order chi connectivity index (χ0) is 18.2. The number of rotatable bonds is 8. The summed E-state index contributed by atoms with van der Waals surface area (Å²) in [4.78, 5) is 13.9. The van der Waals surface area contributed by atoms with E-state index in [9.17, 15) is 4.79 Å². The van der Waals surface area contributed by atoms with Crippen molar-refractivity contribution in [2.45, 2.75) is 19.3 Å². The summed E-state index contributed by atoms with van der Waals surface area (Å²) in [7, 11) is 3.25. The van der Waals surface area contributed by atoms with E-state index in [4.69, 9.17) is 9.47 Å². The van der Waals surface area contributed by atoms with Crippen LogP contribution in [0.25, 0.3) is 0 Å². The molecule has 1 amide bonds. The Morgan fingerprint density at radius 3 is 2.36 bits per heavy atom. The van der Waals surface area contributed by atoms with Crippen molar-refractivity contribution in [3.05, 3.63) is 59.7 Å². The molecule has 0 N–H and O–H groups in total. The molecule has 0 spiro atoms. The van der Waals surface area contributed by atoms with E-state index in [1.54, 1.807) is 14.2 Å². The Labute approximate surface area is 158 Å². The quantitative estimate of drug-likeness (QED) is 0.680. The van der Waals surface area contributed by atoms with Crippen molar-refractivity contribution >= 4 is 21.1 Å². The van der Waals surface area contributed by atoms with Gasteiger partial charge in [-0.15, -0.1) is 0 Å². The highest BCUT2D eigenvalue weighted by Gasteiger charge is 2.14. The molecule has 0 aliphatic carbocycles. The molecule has 4 nitrogen and oxygen atoms in total. The fourth-order valence-electron chi connectivity index (χ4n) is 2.81. The number of hydrogen-bond acceptors (Lipinski definition) is 3. The van der Waals surface area contributed by atoms with Gasteiger partial charge in [-0.05, 0) is 35.6 Å². The maximum Gasteiger partial charge on any atom is 0.281 e. The van der Waals surface area contributed by atoms with Gasteiger partial charge in [0.05, 0.1) is 19.0 Å². The highest BCUT2D eigenvalue weighted by molar-refractivity contribution is 6.56. The van der Waals surface area contributed by atoms with Gasteiger partial charge >= 0.3 is 0 Å². The van der Waals surface area contributed by atoms with Gasteiger partial charge in [-0.2, -0.15) is 0 Å². The summed E-state index contributed by atoms with van der Waals surface area (Å²) in [6.07, 6.45) is 0.766. The maximum atomic E-state index is 12.0. The van der Waals surface area contributed by atoms with E-state index in [0.29, 0.717) is 24.6 Å². The molecule has 2 rings (SSSR count). The lowest BCUT2D eigenvalue weighted by molar-refractivity contribution is 0.219. The fraction of sp³-hybridized carbons (Fsp3) is 0.350. The molecule has 1 unspecified atom stereocenters. The van der Waals surface area contributed by atoms with E-state index in [-0.39, 0.29) is 10.7 Å². The lowest BCUT2D eigenvalue weighted by atomic mass is 10.0. The molecule has 0 fully saturated rings. The van der Waals surface area contributed by atoms with Gasteiger partial charge in [-0.1, -0.05) is 43.3 Å². The van der Waals surface area contributed by atoms with E-state index in [1.165, 1.54) is 5.56 Å². The van der Waals surface area contributed by atoms with Crippen LogP contribution in [-0.2, 0) is 6.42 Å². The molecule has 1 atom stereocenters. The van der Waals surface area contributed by atoms with Crippen LogP contribution >= 0.6 is 0 Å². The van der Waals surface area contributed by atoms with E-state index in [2.05, 4.69) is 35.3 Å². The largest absolute Gasteiger partial charge is 0.493 e. The number of methoxy groups -OCH3 is 2. The van der Waals surface area contributed by atoms with Crippen LogP contribution in [0.3, 0.4) is 0 Å². The Morgan fingerprint density at radius 2 is 1.76 bits per heavy atom. The lowest BCUT2D eigenvalue weighted by Crippen LogP contribution is -2.35. The van der Waals surface area contributed by atoms with E-state index in [0.717, 1.165) is 12.0 Å². The SMILES string of the molecule is COc1ccc(CCN(CC(C)c2ccccc2)[C](=O)[Al])cc1OC. The fourth-order valence-corrected chi connectivity index (χ4v) is 3.04. The molecule has 2 aromatic carbocycles. The van der Waals surface area contributed by atoms with Crippen LogP contribution in [-0.4, -0.2) is 53.3 Å². The summed E-state index contributed by atoms with van der Waals surface area (Å²) in [6, 6.07) is 16.1.